The predicted octanol–water partition coefficient (Wildman–Crippen LogP) is 2.76. The van der Waals surface area contributed by atoms with Gasteiger partial charge in [-0.25, -0.2) is 12.8 Å². The van der Waals surface area contributed by atoms with E-state index in [0.29, 0.717) is 35.8 Å². The standard InChI is InChI=1S/C22H26FN5O4S/c1-12-7-8-27(22(30)16-10-15(23)5-6-17(16)26-33(4,31)32)19(9-12)18-11-20-24-14(3)13(2)21(29)28(20)25-18/h5-6,10-12,19,24,26H,7-9H2,1-4H3/t12-,19-/m1/s1. The van der Waals surface area contributed by atoms with Gasteiger partial charge in [0.25, 0.3) is 11.5 Å². The quantitative estimate of drug-likeness (QED) is 0.602. The second-order valence-corrected chi connectivity index (χ2v) is 10.5. The molecule has 11 heteroatoms. The first-order valence-electron chi connectivity index (χ1n) is 10.6. The van der Waals surface area contributed by atoms with Crippen molar-refractivity contribution in [3.8, 4) is 0 Å². The predicted molar refractivity (Wildman–Crippen MR) is 122 cm³/mol. The number of amides is 1. The molecule has 1 aliphatic rings. The van der Waals surface area contributed by atoms with Crippen molar-refractivity contribution >= 4 is 27.3 Å². The minimum absolute atomic E-state index is 0.0118. The number of aryl methyl sites for hydroxylation is 1. The minimum Gasteiger partial charge on any atom is -0.343 e. The zero-order chi connectivity index (χ0) is 24.1. The molecule has 0 saturated carbocycles. The van der Waals surface area contributed by atoms with Gasteiger partial charge in [0, 0.05) is 23.9 Å². The first kappa shape index (κ1) is 23.0. The topological polar surface area (TPSA) is 117 Å². The number of anilines is 1. The van der Waals surface area contributed by atoms with Gasteiger partial charge in [-0.05, 0) is 50.8 Å². The zero-order valence-corrected chi connectivity index (χ0v) is 19.7. The van der Waals surface area contributed by atoms with Gasteiger partial charge in [-0.15, -0.1) is 0 Å². The van der Waals surface area contributed by atoms with Gasteiger partial charge in [0.2, 0.25) is 10.0 Å². The van der Waals surface area contributed by atoms with Gasteiger partial charge in [0.1, 0.15) is 11.5 Å². The SMILES string of the molecule is Cc1[nH]c2cc([C@H]3C[C@H](C)CCN3C(=O)c3cc(F)ccc3NS(C)(=O)=O)nn2c(=O)c1C. The summed E-state index contributed by atoms with van der Waals surface area (Å²) in [4.78, 5) is 31.0. The lowest BCUT2D eigenvalue weighted by Gasteiger charge is -2.38. The third-order valence-corrected chi connectivity index (χ3v) is 6.68. The van der Waals surface area contributed by atoms with E-state index in [0.717, 1.165) is 30.5 Å². The Morgan fingerprint density at radius 2 is 2.00 bits per heavy atom. The molecule has 1 aliphatic heterocycles. The van der Waals surface area contributed by atoms with Crippen LogP contribution in [0.2, 0.25) is 0 Å². The molecule has 176 valence electrons. The van der Waals surface area contributed by atoms with Crippen LogP contribution in [-0.2, 0) is 10.0 Å². The van der Waals surface area contributed by atoms with E-state index in [1.54, 1.807) is 17.9 Å². The number of sulfonamides is 1. The fraction of sp³-hybridized carbons (Fsp3) is 0.409. The molecule has 2 atom stereocenters. The molecular formula is C22H26FN5O4S. The Bertz CT molecular complexity index is 1410. The van der Waals surface area contributed by atoms with Crippen LogP contribution in [0.1, 0.15) is 53.1 Å². The van der Waals surface area contributed by atoms with Crippen LogP contribution in [0.25, 0.3) is 5.65 Å². The number of H-pyrrole nitrogens is 1. The molecule has 0 bridgehead atoms. The van der Waals surface area contributed by atoms with Crippen molar-refractivity contribution in [1.29, 1.82) is 0 Å². The van der Waals surface area contributed by atoms with Crippen LogP contribution in [0.3, 0.4) is 0 Å². The molecule has 1 saturated heterocycles. The third-order valence-electron chi connectivity index (χ3n) is 6.09. The lowest BCUT2D eigenvalue weighted by atomic mass is 9.90. The number of rotatable bonds is 4. The fourth-order valence-electron chi connectivity index (χ4n) is 4.21. The summed E-state index contributed by atoms with van der Waals surface area (Å²) in [6.07, 6.45) is 2.30. The van der Waals surface area contributed by atoms with Crippen LogP contribution in [-0.4, -0.2) is 46.6 Å². The van der Waals surface area contributed by atoms with E-state index in [1.807, 2.05) is 6.92 Å². The molecule has 2 aromatic heterocycles. The molecule has 4 rings (SSSR count). The molecule has 1 fully saturated rings. The molecule has 3 aromatic rings. The lowest BCUT2D eigenvalue weighted by molar-refractivity contribution is 0.0552. The number of carbonyl (C=O) groups excluding carboxylic acids is 1. The molecule has 9 nitrogen and oxygen atoms in total. The van der Waals surface area contributed by atoms with E-state index in [2.05, 4.69) is 21.7 Å². The summed E-state index contributed by atoms with van der Waals surface area (Å²) in [6, 6.07) is 4.66. The molecule has 1 amide bonds. The van der Waals surface area contributed by atoms with Crippen molar-refractivity contribution in [3.05, 3.63) is 63.0 Å². The van der Waals surface area contributed by atoms with E-state index in [1.165, 1.54) is 10.6 Å². The number of fused-ring (bicyclic) bond motifs is 1. The summed E-state index contributed by atoms with van der Waals surface area (Å²) in [7, 11) is -3.68. The Morgan fingerprint density at radius 3 is 2.70 bits per heavy atom. The monoisotopic (exact) mass is 475 g/mol. The molecular weight excluding hydrogens is 449 g/mol. The second kappa shape index (κ2) is 8.29. The molecule has 0 aliphatic carbocycles. The van der Waals surface area contributed by atoms with Crippen LogP contribution >= 0.6 is 0 Å². The third kappa shape index (κ3) is 4.50. The zero-order valence-electron chi connectivity index (χ0n) is 18.8. The van der Waals surface area contributed by atoms with Gasteiger partial charge >= 0.3 is 0 Å². The lowest BCUT2D eigenvalue weighted by Crippen LogP contribution is -2.41. The molecule has 3 heterocycles. The van der Waals surface area contributed by atoms with E-state index >= 15 is 0 Å². The Hall–Kier alpha value is -3.21. The molecule has 0 spiro atoms. The summed E-state index contributed by atoms with van der Waals surface area (Å²) < 4.78 is 41.2. The Kier molecular flexibility index (Phi) is 5.77. The number of aromatic nitrogens is 3. The van der Waals surface area contributed by atoms with Crippen LogP contribution in [0.5, 0.6) is 0 Å². The summed E-state index contributed by atoms with van der Waals surface area (Å²) in [6.45, 7) is 5.98. The van der Waals surface area contributed by atoms with Crippen LogP contribution < -0.4 is 10.3 Å². The maximum Gasteiger partial charge on any atom is 0.277 e. The van der Waals surface area contributed by atoms with Crippen molar-refractivity contribution in [3.63, 3.8) is 0 Å². The number of halogens is 1. The van der Waals surface area contributed by atoms with Gasteiger partial charge in [0.15, 0.2) is 0 Å². The van der Waals surface area contributed by atoms with Gasteiger partial charge in [-0.3, -0.25) is 14.3 Å². The van der Waals surface area contributed by atoms with E-state index in [-0.39, 0.29) is 16.8 Å². The van der Waals surface area contributed by atoms with Crippen molar-refractivity contribution in [1.82, 2.24) is 19.5 Å². The van der Waals surface area contributed by atoms with E-state index in [9.17, 15) is 22.4 Å². The Balaban J connectivity index is 1.78. The highest BCUT2D eigenvalue weighted by atomic mass is 32.2. The van der Waals surface area contributed by atoms with Crippen molar-refractivity contribution < 1.29 is 17.6 Å². The van der Waals surface area contributed by atoms with Crippen molar-refractivity contribution in [2.45, 2.75) is 39.7 Å². The Labute approximate surface area is 190 Å². The number of aromatic amines is 1. The fourth-order valence-corrected chi connectivity index (χ4v) is 4.79. The summed E-state index contributed by atoms with van der Waals surface area (Å²) in [5.41, 5.74) is 2.05. The number of benzene rings is 1. The number of piperidine rings is 1. The summed E-state index contributed by atoms with van der Waals surface area (Å²) >= 11 is 0. The maximum absolute atomic E-state index is 14.0. The number of likely N-dealkylation sites (tertiary alicyclic amines) is 1. The number of hydrogen-bond donors (Lipinski definition) is 2. The smallest absolute Gasteiger partial charge is 0.277 e. The van der Waals surface area contributed by atoms with Crippen molar-refractivity contribution in [2.24, 2.45) is 5.92 Å². The van der Waals surface area contributed by atoms with Gasteiger partial charge in [0.05, 0.1) is 29.2 Å². The number of carbonyl (C=O) groups is 1. The van der Waals surface area contributed by atoms with Crippen LogP contribution in [0.4, 0.5) is 10.1 Å². The summed E-state index contributed by atoms with van der Waals surface area (Å²) in [5.74, 6) is -0.860. The summed E-state index contributed by atoms with van der Waals surface area (Å²) in [5, 5.41) is 4.49. The van der Waals surface area contributed by atoms with E-state index < -0.39 is 27.8 Å². The number of hydrogen-bond acceptors (Lipinski definition) is 5. The molecule has 0 unspecified atom stereocenters. The molecule has 1 aromatic carbocycles. The average Bonchev–Trinajstić information content (AvgIpc) is 3.16. The second-order valence-electron chi connectivity index (χ2n) is 8.75. The normalized spacial score (nSPS) is 19.1. The highest BCUT2D eigenvalue weighted by molar-refractivity contribution is 7.92. The van der Waals surface area contributed by atoms with Crippen LogP contribution in [0.15, 0.2) is 29.1 Å². The van der Waals surface area contributed by atoms with Gasteiger partial charge in [-0.2, -0.15) is 9.61 Å². The minimum atomic E-state index is -3.68. The van der Waals surface area contributed by atoms with Gasteiger partial charge < -0.3 is 9.88 Å². The highest BCUT2D eigenvalue weighted by Gasteiger charge is 2.34. The highest BCUT2D eigenvalue weighted by Crippen LogP contribution is 2.35. The molecule has 33 heavy (non-hydrogen) atoms. The van der Waals surface area contributed by atoms with Crippen LogP contribution in [0, 0.1) is 25.6 Å². The number of nitrogens with one attached hydrogen (secondary N) is 2. The van der Waals surface area contributed by atoms with E-state index in [4.69, 9.17) is 0 Å². The van der Waals surface area contributed by atoms with Gasteiger partial charge in [-0.1, -0.05) is 6.92 Å². The largest absolute Gasteiger partial charge is 0.343 e. The first-order chi connectivity index (χ1) is 15.4. The molecule has 0 radical (unpaired) electrons. The average molecular weight is 476 g/mol. The number of nitrogens with zero attached hydrogens (tertiary/aromatic N) is 3. The van der Waals surface area contributed by atoms with Crippen molar-refractivity contribution in [2.75, 3.05) is 17.5 Å². The molecule has 2 N–H and O–H groups in total. The Morgan fingerprint density at radius 1 is 1.27 bits per heavy atom. The maximum atomic E-state index is 14.0. The first-order valence-corrected chi connectivity index (χ1v) is 12.5.